The second-order valence-electron chi connectivity index (χ2n) is 9.09. The van der Waals surface area contributed by atoms with Crippen LogP contribution in [0, 0.1) is 0 Å². The number of aryl methyl sites for hydroxylation is 1. The molecule has 2 aromatic rings. The Labute approximate surface area is 212 Å². The molecule has 11 heteroatoms. The fourth-order valence-electron chi connectivity index (χ4n) is 4.48. The molecule has 3 rings (SSSR count). The zero-order valence-corrected chi connectivity index (χ0v) is 20.8. The first-order valence-electron chi connectivity index (χ1n) is 12.3. The SMILES string of the molecule is CCCCN1CCN(C(C(=O)NNc2cc(C(F)(F)F)cc(C(F)(F)F)c2)c2ccccc2CC)CC1. The molecule has 0 radical (unpaired) electrons. The molecule has 0 aliphatic carbocycles. The van der Waals surface area contributed by atoms with Gasteiger partial charge in [0.05, 0.1) is 16.8 Å². The number of piperazine rings is 1. The maximum atomic E-state index is 13.4. The molecule has 5 nitrogen and oxygen atoms in total. The second kappa shape index (κ2) is 12.2. The standard InChI is InChI=1S/C26H32F6N4O/c1-3-5-10-35-11-13-36(14-12-35)23(22-9-7-6-8-18(22)4-2)24(37)34-33-21-16-19(25(27,28)29)15-20(17-21)26(30,31)32/h6-9,15-17,23,33H,3-5,10-14H2,1-2H3,(H,34,37). The van der Waals surface area contributed by atoms with Gasteiger partial charge in [0.2, 0.25) is 0 Å². The first-order valence-corrected chi connectivity index (χ1v) is 12.3. The Morgan fingerprint density at radius 2 is 1.51 bits per heavy atom. The third-order valence-corrected chi connectivity index (χ3v) is 6.50. The van der Waals surface area contributed by atoms with E-state index in [1.165, 1.54) is 0 Å². The summed E-state index contributed by atoms with van der Waals surface area (Å²) < 4.78 is 79.4. The van der Waals surface area contributed by atoms with Crippen molar-refractivity contribution in [3.05, 3.63) is 64.7 Å². The average molecular weight is 531 g/mol. The van der Waals surface area contributed by atoms with E-state index in [4.69, 9.17) is 0 Å². The number of carbonyl (C=O) groups is 1. The van der Waals surface area contributed by atoms with Gasteiger partial charge in [0.15, 0.2) is 0 Å². The minimum absolute atomic E-state index is 0.0469. The molecular weight excluding hydrogens is 498 g/mol. The van der Waals surface area contributed by atoms with E-state index in [2.05, 4.69) is 22.7 Å². The first-order chi connectivity index (χ1) is 17.4. The monoisotopic (exact) mass is 530 g/mol. The third-order valence-electron chi connectivity index (χ3n) is 6.50. The number of nitrogens with zero attached hydrogens (tertiary/aromatic N) is 2. The van der Waals surface area contributed by atoms with Gasteiger partial charge in [-0.3, -0.25) is 20.5 Å². The van der Waals surface area contributed by atoms with E-state index in [1.54, 1.807) is 0 Å². The van der Waals surface area contributed by atoms with Crippen LogP contribution in [-0.2, 0) is 23.6 Å². The Morgan fingerprint density at radius 1 is 0.919 bits per heavy atom. The van der Waals surface area contributed by atoms with Crippen LogP contribution >= 0.6 is 0 Å². The van der Waals surface area contributed by atoms with Gasteiger partial charge in [-0.05, 0) is 48.7 Å². The van der Waals surface area contributed by atoms with Crippen LogP contribution in [-0.4, -0.2) is 48.4 Å². The zero-order valence-electron chi connectivity index (χ0n) is 20.8. The summed E-state index contributed by atoms with van der Waals surface area (Å²) in [5.41, 5.74) is 2.92. The Bertz CT molecular complexity index is 1020. The molecule has 1 amide bonds. The number of rotatable bonds is 9. The van der Waals surface area contributed by atoms with Crippen molar-refractivity contribution in [2.75, 3.05) is 38.1 Å². The van der Waals surface area contributed by atoms with E-state index in [1.807, 2.05) is 36.1 Å². The Morgan fingerprint density at radius 3 is 2.05 bits per heavy atom. The van der Waals surface area contributed by atoms with Crippen LogP contribution in [0.2, 0.25) is 0 Å². The predicted molar refractivity (Wildman–Crippen MR) is 130 cm³/mol. The van der Waals surface area contributed by atoms with E-state index in [-0.39, 0.29) is 6.07 Å². The number of amides is 1. The van der Waals surface area contributed by atoms with Crippen LogP contribution in [0.5, 0.6) is 0 Å². The van der Waals surface area contributed by atoms with Crippen molar-refractivity contribution in [1.82, 2.24) is 15.2 Å². The van der Waals surface area contributed by atoms with Crippen molar-refractivity contribution in [3.63, 3.8) is 0 Å². The molecule has 2 N–H and O–H groups in total. The molecule has 1 unspecified atom stereocenters. The molecule has 0 saturated carbocycles. The molecule has 1 heterocycles. The van der Waals surface area contributed by atoms with Gasteiger partial charge in [0, 0.05) is 26.2 Å². The molecule has 0 bridgehead atoms. The third kappa shape index (κ3) is 7.61. The van der Waals surface area contributed by atoms with E-state index in [0.29, 0.717) is 31.6 Å². The van der Waals surface area contributed by atoms with Crippen molar-refractivity contribution in [2.24, 2.45) is 0 Å². The molecule has 1 aliphatic heterocycles. The van der Waals surface area contributed by atoms with Gasteiger partial charge in [-0.2, -0.15) is 26.3 Å². The van der Waals surface area contributed by atoms with Crippen LogP contribution in [0.15, 0.2) is 42.5 Å². The quantitative estimate of drug-likeness (QED) is 0.314. The van der Waals surface area contributed by atoms with Gasteiger partial charge in [0.1, 0.15) is 6.04 Å². The van der Waals surface area contributed by atoms with Gasteiger partial charge in [-0.25, -0.2) is 0 Å². The number of alkyl halides is 6. The maximum absolute atomic E-state index is 13.4. The normalized spacial score (nSPS) is 16.4. The molecule has 0 spiro atoms. The van der Waals surface area contributed by atoms with Gasteiger partial charge in [-0.15, -0.1) is 0 Å². The molecule has 0 aromatic heterocycles. The van der Waals surface area contributed by atoms with Crippen LogP contribution in [0.25, 0.3) is 0 Å². The topological polar surface area (TPSA) is 47.6 Å². The summed E-state index contributed by atoms with van der Waals surface area (Å²) in [5.74, 6) is -0.561. The average Bonchev–Trinajstić information content (AvgIpc) is 2.86. The van der Waals surface area contributed by atoms with Gasteiger partial charge in [-0.1, -0.05) is 44.5 Å². The van der Waals surface area contributed by atoms with Crippen LogP contribution < -0.4 is 10.9 Å². The van der Waals surface area contributed by atoms with Gasteiger partial charge in [0.25, 0.3) is 5.91 Å². The predicted octanol–water partition coefficient (Wildman–Crippen LogP) is 5.89. The highest BCUT2D eigenvalue weighted by atomic mass is 19.4. The molecule has 204 valence electrons. The molecule has 2 aromatic carbocycles. The van der Waals surface area contributed by atoms with Crippen LogP contribution in [0.1, 0.15) is 55.0 Å². The molecule has 1 atom stereocenters. The number of hydrogen-bond donors (Lipinski definition) is 2. The summed E-state index contributed by atoms with van der Waals surface area (Å²) in [6.45, 7) is 7.75. The molecule has 1 aliphatic rings. The fourth-order valence-corrected chi connectivity index (χ4v) is 4.48. The summed E-state index contributed by atoms with van der Waals surface area (Å²) in [6.07, 6.45) is -7.16. The van der Waals surface area contributed by atoms with Crippen molar-refractivity contribution in [2.45, 2.75) is 51.5 Å². The van der Waals surface area contributed by atoms with Crippen LogP contribution in [0.4, 0.5) is 32.0 Å². The largest absolute Gasteiger partial charge is 0.416 e. The number of hydrazine groups is 1. The minimum Gasteiger partial charge on any atom is -0.301 e. The Balaban J connectivity index is 1.85. The minimum atomic E-state index is -4.98. The van der Waals surface area contributed by atoms with Crippen molar-refractivity contribution >= 4 is 11.6 Å². The molecular formula is C26H32F6N4O. The first kappa shape index (κ1) is 28.8. The highest BCUT2D eigenvalue weighted by Gasteiger charge is 2.37. The summed E-state index contributed by atoms with van der Waals surface area (Å²) in [7, 11) is 0. The highest BCUT2D eigenvalue weighted by molar-refractivity contribution is 5.84. The number of anilines is 1. The highest BCUT2D eigenvalue weighted by Crippen LogP contribution is 2.37. The number of nitrogens with one attached hydrogen (secondary N) is 2. The number of benzene rings is 2. The summed E-state index contributed by atoms with van der Waals surface area (Å²) in [6, 6.07) is 7.77. The molecule has 1 saturated heterocycles. The van der Waals surface area contributed by atoms with E-state index < -0.39 is 41.1 Å². The maximum Gasteiger partial charge on any atom is 0.416 e. The summed E-state index contributed by atoms with van der Waals surface area (Å²) in [5, 5.41) is 0. The van der Waals surface area contributed by atoms with E-state index in [0.717, 1.165) is 43.6 Å². The fraction of sp³-hybridized carbons (Fsp3) is 0.500. The Hall–Kier alpha value is -2.79. The molecule has 1 fully saturated rings. The summed E-state index contributed by atoms with van der Waals surface area (Å²) in [4.78, 5) is 17.7. The summed E-state index contributed by atoms with van der Waals surface area (Å²) >= 11 is 0. The zero-order chi connectivity index (χ0) is 27.2. The number of carbonyl (C=O) groups excluding carboxylic acids is 1. The van der Waals surface area contributed by atoms with E-state index >= 15 is 0 Å². The van der Waals surface area contributed by atoms with Crippen molar-refractivity contribution in [1.29, 1.82) is 0 Å². The molecule has 37 heavy (non-hydrogen) atoms. The lowest BCUT2D eigenvalue weighted by molar-refractivity contribution is -0.143. The number of halogens is 6. The smallest absolute Gasteiger partial charge is 0.301 e. The van der Waals surface area contributed by atoms with Gasteiger partial charge < -0.3 is 4.90 Å². The lowest BCUT2D eigenvalue weighted by Crippen LogP contribution is -2.51. The van der Waals surface area contributed by atoms with Crippen LogP contribution in [0.3, 0.4) is 0 Å². The lowest BCUT2D eigenvalue weighted by atomic mass is 9.96. The van der Waals surface area contributed by atoms with Crippen molar-refractivity contribution in [3.8, 4) is 0 Å². The van der Waals surface area contributed by atoms with E-state index in [9.17, 15) is 31.1 Å². The second-order valence-corrected chi connectivity index (χ2v) is 9.09. The lowest BCUT2D eigenvalue weighted by Gasteiger charge is -2.39. The van der Waals surface area contributed by atoms with Gasteiger partial charge >= 0.3 is 12.4 Å². The number of unbranched alkanes of at least 4 members (excludes halogenated alkanes) is 1. The van der Waals surface area contributed by atoms with Crippen molar-refractivity contribution < 1.29 is 31.1 Å². The Kier molecular flexibility index (Phi) is 9.46. The number of hydrogen-bond acceptors (Lipinski definition) is 4.